The summed E-state index contributed by atoms with van der Waals surface area (Å²) in [6.45, 7) is 1.83. The first-order valence-corrected chi connectivity index (χ1v) is 10.2. The van der Waals surface area contributed by atoms with E-state index in [1.165, 1.54) is 0 Å². The van der Waals surface area contributed by atoms with Crippen molar-refractivity contribution in [1.29, 1.82) is 5.26 Å². The second-order valence-corrected chi connectivity index (χ2v) is 8.33. The molecule has 0 saturated carbocycles. The third kappa shape index (κ3) is 3.36. The smallest absolute Gasteiger partial charge is 0.243 e. The van der Waals surface area contributed by atoms with Gasteiger partial charge in [0.1, 0.15) is 0 Å². The third-order valence-corrected chi connectivity index (χ3v) is 6.16. The number of benzene rings is 3. The fourth-order valence-electron chi connectivity index (χ4n) is 3.17. The summed E-state index contributed by atoms with van der Waals surface area (Å²) in [5, 5.41) is 14.9. The standard InChI is InChI=1S/C21H17N3O3S/c1-14-20(18-8-4-5-15(11-18)13-22)23-27-21(14)24-28(25,26)19-10-9-16-6-2-3-7-17(16)12-19/h2-12,14,21,24H,1H3. The Morgan fingerprint density at radius 3 is 2.61 bits per heavy atom. The topological polar surface area (TPSA) is 91.5 Å². The molecule has 1 aliphatic heterocycles. The highest BCUT2D eigenvalue weighted by Crippen LogP contribution is 2.25. The lowest BCUT2D eigenvalue weighted by Gasteiger charge is -2.17. The van der Waals surface area contributed by atoms with Gasteiger partial charge in [-0.05, 0) is 35.0 Å². The largest absolute Gasteiger partial charge is 0.375 e. The third-order valence-electron chi connectivity index (χ3n) is 4.74. The summed E-state index contributed by atoms with van der Waals surface area (Å²) in [5.41, 5.74) is 1.84. The van der Waals surface area contributed by atoms with Crippen LogP contribution in [-0.2, 0) is 14.9 Å². The van der Waals surface area contributed by atoms with Gasteiger partial charge in [-0.2, -0.15) is 9.98 Å². The van der Waals surface area contributed by atoms with Crippen molar-refractivity contribution in [3.8, 4) is 6.07 Å². The van der Waals surface area contributed by atoms with Gasteiger partial charge in [0.2, 0.25) is 10.0 Å². The zero-order chi connectivity index (χ0) is 19.7. The Morgan fingerprint density at radius 1 is 1.04 bits per heavy atom. The first-order chi connectivity index (χ1) is 13.5. The van der Waals surface area contributed by atoms with Crippen LogP contribution in [0.25, 0.3) is 10.8 Å². The van der Waals surface area contributed by atoms with Gasteiger partial charge in [0.25, 0.3) is 0 Å². The Morgan fingerprint density at radius 2 is 1.82 bits per heavy atom. The van der Waals surface area contributed by atoms with E-state index in [-0.39, 0.29) is 10.8 Å². The van der Waals surface area contributed by atoms with Crippen molar-refractivity contribution in [1.82, 2.24) is 4.72 Å². The summed E-state index contributed by atoms with van der Waals surface area (Å²) in [7, 11) is -3.79. The molecule has 7 heteroatoms. The molecule has 3 aromatic rings. The Kier molecular flexibility index (Phi) is 4.59. The van der Waals surface area contributed by atoms with Crippen molar-refractivity contribution < 1.29 is 13.3 Å². The van der Waals surface area contributed by atoms with Crippen LogP contribution in [0.4, 0.5) is 0 Å². The minimum absolute atomic E-state index is 0.168. The van der Waals surface area contributed by atoms with Gasteiger partial charge >= 0.3 is 0 Å². The lowest BCUT2D eigenvalue weighted by molar-refractivity contribution is 0.0576. The Hall–Kier alpha value is -3.21. The average Bonchev–Trinajstić information content (AvgIpc) is 3.07. The highest BCUT2D eigenvalue weighted by atomic mass is 32.2. The summed E-state index contributed by atoms with van der Waals surface area (Å²) in [6, 6.07) is 21.6. The molecule has 0 fully saturated rings. The van der Waals surface area contributed by atoms with E-state index in [2.05, 4.69) is 15.9 Å². The van der Waals surface area contributed by atoms with Crippen LogP contribution in [0.5, 0.6) is 0 Å². The first-order valence-electron chi connectivity index (χ1n) is 8.73. The van der Waals surface area contributed by atoms with E-state index in [9.17, 15) is 8.42 Å². The lowest BCUT2D eigenvalue weighted by atomic mass is 9.97. The molecule has 1 N–H and O–H groups in total. The van der Waals surface area contributed by atoms with Crippen molar-refractivity contribution in [2.24, 2.45) is 11.1 Å². The molecular formula is C21H17N3O3S. The molecule has 140 valence electrons. The number of nitriles is 1. The van der Waals surface area contributed by atoms with Crippen LogP contribution in [0.15, 0.2) is 76.8 Å². The minimum Gasteiger partial charge on any atom is -0.375 e. The van der Waals surface area contributed by atoms with Crippen LogP contribution in [0.2, 0.25) is 0 Å². The minimum atomic E-state index is -3.79. The van der Waals surface area contributed by atoms with E-state index in [4.69, 9.17) is 10.1 Å². The van der Waals surface area contributed by atoms with Gasteiger partial charge < -0.3 is 4.84 Å². The van der Waals surface area contributed by atoms with Crippen LogP contribution < -0.4 is 4.72 Å². The van der Waals surface area contributed by atoms with Gasteiger partial charge in [-0.1, -0.05) is 54.5 Å². The fourth-order valence-corrected chi connectivity index (χ4v) is 4.39. The summed E-state index contributed by atoms with van der Waals surface area (Å²) < 4.78 is 28.3. The lowest BCUT2D eigenvalue weighted by Crippen LogP contribution is -2.39. The van der Waals surface area contributed by atoms with Gasteiger partial charge in [-0.15, -0.1) is 0 Å². The molecule has 0 aromatic heterocycles. The van der Waals surface area contributed by atoms with E-state index in [0.717, 1.165) is 16.3 Å². The Balaban J connectivity index is 1.56. The number of nitrogens with one attached hydrogen (secondary N) is 1. The molecule has 0 spiro atoms. The fraction of sp³-hybridized carbons (Fsp3) is 0.143. The van der Waals surface area contributed by atoms with Crippen molar-refractivity contribution >= 4 is 26.5 Å². The molecule has 1 heterocycles. The van der Waals surface area contributed by atoms with Crippen molar-refractivity contribution in [3.63, 3.8) is 0 Å². The number of oxime groups is 1. The molecule has 0 radical (unpaired) electrons. The zero-order valence-corrected chi connectivity index (χ0v) is 15.8. The average molecular weight is 391 g/mol. The number of fused-ring (bicyclic) bond motifs is 1. The Bertz CT molecular complexity index is 1230. The quantitative estimate of drug-likeness (QED) is 0.738. The number of sulfonamides is 1. The first kappa shape index (κ1) is 18.2. The molecule has 2 atom stereocenters. The SMILES string of the molecule is CC1C(c2cccc(C#N)c2)=NOC1NS(=O)(=O)c1ccc2ccccc2c1. The molecule has 1 aliphatic rings. The molecule has 6 nitrogen and oxygen atoms in total. The number of rotatable bonds is 4. The molecule has 0 saturated heterocycles. The summed E-state index contributed by atoms with van der Waals surface area (Å²) >= 11 is 0. The number of nitrogens with zero attached hydrogens (tertiary/aromatic N) is 2. The van der Waals surface area contributed by atoms with E-state index in [1.807, 2.05) is 37.3 Å². The van der Waals surface area contributed by atoms with Crippen LogP contribution in [0.1, 0.15) is 18.1 Å². The van der Waals surface area contributed by atoms with E-state index >= 15 is 0 Å². The molecular weight excluding hydrogens is 374 g/mol. The van der Waals surface area contributed by atoms with Crippen molar-refractivity contribution in [2.45, 2.75) is 18.0 Å². The maximum absolute atomic E-state index is 12.8. The van der Waals surface area contributed by atoms with Crippen molar-refractivity contribution in [2.75, 3.05) is 0 Å². The number of hydrogen-bond donors (Lipinski definition) is 1. The monoisotopic (exact) mass is 391 g/mol. The summed E-state index contributed by atoms with van der Waals surface area (Å²) in [6.07, 6.45) is -0.822. The van der Waals surface area contributed by atoms with E-state index in [1.54, 1.807) is 36.4 Å². The van der Waals surface area contributed by atoms with Crippen LogP contribution in [0, 0.1) is 17.2 Å². The van der Waals surface area contributed by atoms with Gasteiger partial charge in [-0.25, -0.2) is 8.42 Å². The molecule has 0 amide bonds. The van der Waals surface area contributed by atoms with E-state index in [0.29, 0.717) is 11.3 Å². The van der Waals surface area contributed by atoms with Gasteiger partial charge in [0.05, 0.1) is 28.2 Å². The van der Waals surface area contributed by atoms with Crippen LogP contribution in [-0.4, -0.2) is 20.4 Å². The summed E-state index contributed by atoms with van der Waals surface area (Å²) in [5.74, 6) is -0.316. The normalized spacial score (nSPS) is 19.1. The van der Waals surface area contributed by atoms with Gasteiger partial charge in [0.15, 0.2) is 6.23 Å². The van der Waals surface area contributed by atoms with Crippen LogP contribution >= 0.6 is 0 Å². The zero-order valence-electron chi connectivity index (χ0n) is 15.0. The number of hydrogen-bond acceptors (Lipinski definition) is 5. The van der Waals surface area contributed by atoms with Gasteiger partial charge in [0, 0.05) is 5.56 Å². The molecule has 0 bridgehead atoms. The highest BCUT2D eigenvalue weighted by molar-refractivity contribution is 7.89. The molecule has 0 aliphatic carbocycles. The molecule has 3 aromatic carbocycles. The maximum Gasteiger partial charge on any atom is 0.243 e. The second-order valence-electron chi connectivity index (χ2n) is 6.61. The molecule has 28 heavy (non-hydrogen) atoms. The predicted molar refractivity (Wildman–Crippen MR) is 106 cm³/mol. The highest BCUT2D eigenvalue weighted by Gasteiger charge is 2.35. The van der Waals surface area contributed by atoms with E-state index < -0.39 is 16.3 Å². The summed E-state index contributed by atoms with van der Waals surface area (Å²) in [4.78, 5) is 5.53. The molecule has 2 unspecified atom stereocenters. The Labute approximate surface area is 163 Å². The van der Waals surface area contributed by atoms with Crippen molar-refractivity contribution in [3.05, 3.63) is 77.9 Å². The maximum atomic E-state index is 12.8. The van der Waals surface area contributed by atoms with Gasteiger partial charge in [-0.3, -0.25) is 0 Å². The second kappa shape index (κ2) is 7.08. The van der Waals surface area contributed by atoms with Crippen LogP contribution in [0.3, 0.4) is 0 Å². The molecule has 4 rings (SSSR count). The predicted octanol–water partition coefficient (Wildman–Crippen LogP) is 3.39.